The molecule has 186 valence electrons. The fourth-order valence-electron chi connectivity index (χ4n) is 3.79. The predicted octanol–water partition coefficient (Wildman–Crippen LogP) is 2.50. The van der Waals surface area contributed by atoms with Gasteiger partial charge in [-0.3, -0.25) is 33.9 Å². The highest BCUT2D eigenvalue weighted by atomic mass is 17.5. The molecule has 1 atom stereocenters. The van der Waals surface area contributed by atoms with Crippen LogP contribution < -0.4 is 0 Å². The SMILES string of the molecule is CC1=CC(=O)N(CCCCC(C(=O)OOOC(C)(C)c2ccccc2)N2C(=O)C=C(C)C2=O)C1=O. The van der Waals surface area contributed by atoms with Crippen molar-refractivity contribution in [2.24, 2.45) is 0 Å². The van der Waals surface area contributed by atoms with Crippen molar-refractivity contribution in [1.29, 1.82) is 0 Å². The summed E-state index contributed by atoms with van der Waals surface area (Å²) in [6, 6.07) is 7.86. The summed E-state index contributed by atoms with van der Waals surface area (Å²) in [6.45, 7) is 6.62. The lowest BCUT2D eigenvalue weighted by Gasteiger charge is -2.26. The number of imide groups is 2. The van der Waals surface area contributed by atoms with E-state index in [9.17, 15) is 24.0 Å². The van der Waals surface area contributed by atoms with Gasteiger partial charge in [0.25, 0.3) is 23.6 Å². The predicted molar refractivity (Wildman–Crippen MR) is 121 cm³/mol. The van der Waals surface area contributed by atoms with Crippen molar-refractivity contribution >= 4 is 29.6 Å². The lowest BCUT2D eigenvalue weighted by molar-refractivity contribution is -0.521. The Balaban J connectivity index is 1.60. The molecule has 1 aromatic rings. The van der Waals surface area contributed by atoms with Gasteiger partial charge in [0.1, 0.15) is 11.6 Å². The Morgan fingerprint density at radius 3 is 2.11 bits per heavy atom. The Bertz CT molecular complexity index is 1090. The molecule has 0 saturated carbocycles. The molecule has 4 amide bonds. The third-order valence-corrected chi connectivity index (χ3v) is 5.84. The summed E-state index contributed by atoms with van der Waals surface area (Å²) in [6.07, 6.45) is 3.15. The fraction of sp³-hybridized carbons (Fsp3) is 0.400. The van der Waals surface area contributed by atoms with Gasteiger partial charge in [0.05, 0.1) is 0 Å². The summed E-state index contributed by atoms with van der Waals surface area (Å²) in [7, 11) is 0. The molecule has 0 N–H and O–H groups in total. The molecular formula is C25H28N2O8. The zero-order valence-electron chi connectivity index (χ0n) is 20.1. The Morgan fingerprint density at radius 2 is 1.54 bits per heavy atom. The van der Waals surface area contributed by atoms with Crippen molar-refractivity contribution < 1.29 is 38.8 Å². The smallest absolute Gasteiger partial charge is 0.275 e. The molecule has 2 heterocycles. The van der Waals surface area contributed by atoms with E-state index in [1.165, 1.54) is 13.0 Å². The Labute approximate surface area is 203 Å². The molecule has 2 aliphatic rings. The molecular weight excluding hydrogens is 456 g/mol. The zero-order valence-corrected chi connectivity index (χ0v) is 20.1. The third kappa shape index (κ3) is 5.90. The first-order chi connectivity index (χ1) is 16.5. The molecule has 0 aliphatic carbocycles. The first-order valence-electron chi connectivity index (χ1n) is 11.2. The summed E-state index contributed by atoms with van der Waals surface area (Å²) >= 11 is 0. The van der Waals surface area contributed by atoms with Crippen LogP contribution in [-0.4, -0.2) is 52.0 Å². The van der Waals surface area contributed by atoms with Crippen LogP contribution in [0.3, 0.4) is 0 Å². The molecule has 10 heteroatoms. The van der Waals surface area contributed by atoms with Gasteiger partial charge in [-0.15, -0.1) is 0 Å². The summed E-state index contributed by atoms with van der Waals surface area (Å²) in [5, 5.41) is 4.76. The van der Waals surface area contributed by atoms with E-state index in [1.807, 2.05) is 30.3 Å². The highest BCUT2D eigenvalue weighted by Crippen LogP contribution is 2.25. The zero-order chi connectivity index (χ0) is 25.8. The minimum absolute atomic E-state index is 0.0471. The van der Waals surface area contributed by atoms with Crippen molar-refractivity contribution in [2.75, 3.05) is 6.54 Å². The van der Waals surface area contributed by atoms with Gasteiger partial charge in [-0.05, 0) is 57.6 Å². The molecule has 0 fully saturated rings. The van der Waals surface area contributed by atoms with E-state index in [0.717, 1.165) is 21.4 Å². The molecule has 0 radical (unpaired) electrons. The lowest BCUT2D eigenvalue weighted by atomic mass is 9.99. The van der Waals surface area contributed by atoms with Gasteiger partial charge in [-0.1, -0.05) is 30.3 Å². The molecule has 1 unspecified atom stereocenters. The van der Waals surface area contributed by atoms with Gasteiger partial charge in [0.2, 0.25) is 0 Å². The van der Waals surface area contributed by atoms with Crippen LogP contribution in [0.1, 0.15) is 52.5 Å². The second-order valence-electron chi connectivity index (χ2n) is 8.90. The molecule has 0 saturated heterocycles. The van der Waals surface area contributed by atoms with Crippen LogP contribution in [-0.2, 0) is 44.4 Å². The summed E-state index contributed by atoms with van der Waals surface area (Å²) in [5.74, 6) is -2.97. The average Bonchev–Trinajstić information content (AvgIpc) is 3.21. The first kappa shape index (κ1) is 26.0. The number of rotatable bonds is 11. The van der Waals surface area contributed by atoms with Crippen LogP contribution in [0.4, 0.5) is 0 Å². The van der Waals surface area contributed by atoms with Gasteiger partial charge in [0.15, 0.2) is 0 Å². The van der Waals surface area contributed by atoms with Crippen molar-refractivity contribution in [3.8, 4) is 0 Å². The lowest BCUT2D eigenvalue weighted by Crippen LogP contribution is -2.46. The van der Waals surface area contributed by atoms with E-state index >= 15 is 0 Å². The van der Waals surface area contributed by atoms with Crippen LogP contribution in [0.2, 0.25) is 0 Å². The number of nitrogens with zero attached hydrogens (tertiary/aromatic N) is 2. The largest absolute Gasteiger partial charge is 0.368 e. The van der Waals surface area contributed by atoms with Gasteiger partial charge < -0.3 is 0 Å². The van der Waals surface area contributed by atoms with Gasteiger partial charge >= 0.3 is 5.97 Å². The number of unbranched alkanes of at least 4 members (excludes halogenated alkanes) is 1. The van der Waals surface area contributed by atoms with Crippen LogP contribution >= 0.6 is 0 Å². The second-order valence-corrected chi connectivity index (χ2v) is 8.90. The summed E-state index contributed by atoms with van der Waals surface area (Å²) in [5.41, 5.74) is 0.384. The van der Waals surface area contributed by atoms with E-state index in [0.29, 0.717) is 18.4 Å². The van der Waals surface area contributed by atoms with Crippen molar-refractivity contribution in [1.82, 2.24) is 9.80 Å². The van der Waals surface area contributed by atoms with Crippen LogP contribution in [0.25, 0.3) is 0 Å². The van der Waals surface area contributed by atoms with Crippen LogP contribution in [0.5, 0.6) is 0 Å². The standard InChI is InChI=1S/C25H28N2O8/c1-16-14-20(28)26(22(16)30)13-9-8-12-19(27-21(29)15-17(2)23(27)31)24(32)33-35-34-25(3,4)18-10-6-5-7-11-18/h5-7,10-11,14-15,19H,8-9,12-13H2,1-4H3. The maximum absolute atomic E-state index is 12.8. The van der Waals surface area contributed by atoms with Crippen molar-refractivity contribution in [2.45, 2.75) is 58.6 Å². The number of hydrogen-bond donors (Lipinski definition) is 0. The van der Waals surface area contributed by atoms with Gasteiger partial charge in [0, 0.05) is 29.8 Å². The maximum atomic E-state index is 12.8. The fourth-order valence-corrected chi connectivity index (χ4v) is 3.79. The van der Waals surface area contributed by atoms with Gasteiger partial charge in [-0.2, -0.15) is 4.89 Å². The van der Waals surface area contributed by atoms with Gasteiger partial charge in [-0.25, -0.2) is 4.79 Å². The molecule has 0 bridgehead atoms. The normalized spacial score (nSPS) is 17.1. The van der Waals surface area contributed by atoms with E-state index < -0.39 is 29.4 Å². The van der Waals surface area contributed by atoms with Crippen LogP contribution in [0.15, 0.2) is 53.6 Å². The molecule has 1 aromatic carbocycles. The minimum atomic E-state index is -1.27. The summed E-state index contributed by atoms with van der Waals surface area (Å²) in [4.78, 5) is 73.6. The quantitative estimate of drug-likeness (QED) is 0.203. The first-order valence-corrected chi connectivity index (χ1v) is 11.2. The van der Waals surface area contributed by atoms with E-state index in [4.69, 9.17) is 14.8 Å². The van der Waals surface area contributed by atoms with Crippen LogP contribution in [0, 0.1) is 0 Å². The molecule has 10 nitrogen and oxygen atoms in total. The Kier molecular flexibility index (Phi) is 7.98. The highest BCUT2D eigenvalue weighted by Gasteiger charge is 2.40. The Morgan fingerprint density at radius 1 is 0.914 bits per heavy atom. The van der Waals surface area contributed by atoms with Crippen molar-refractivity contribution in [3.63, 3.8) is 0 Å². The number of carbonyl (C=O) groups excluding carboxylic acids is 5. The molecule has 3 rings (SSSR count). The highest BCUT2D eigenvalue weighted by molar-refractivity contribution is 6.17. The number of carbonyl (C=O) groups is 5. The van der Waals surface area contributed by atoms with E-state index in [2.05, 4.69) is 0 Å². The summed E-state index contributed by atoms with van der Waals surface area (Å²) < 4.78 is 0. The van der Waals surface area contributed by atoms with E-state index in [-0.39, 0.29) is 30.4 Å². The third-order valence-electron chi connectivity index (χ3n) is 5.84. The number of benzene rings is 1. The molecule has 35 heavy (non-hydrogen) atoms. The Hall–Kier alpha value is -3.63. The topological polar surface area (TPSA) is 120 Å². The monoisotopic (exact) mass is 484 g/mol. The van der Waals surface area contributed by atoms with Crippen molar-refractivity contribution in [3.05, 3.63) is 59.2 Å². The number of hydrogen-bond acceptors (Lipinski definition) is 8. The molecule has 0 aromatic heterocycles. The molecule has 2 aliphatic heterocycles. The second kappa shape index (κ2) is 10.7. The average molecular weight is 485 g/mol. The minimum Gasteiger partial charge on any atom is -0.275 e. The molecule has 0 spiro atoms. The maximum Gasteiger partial charge on any atom is 0.368 e. The number of amides is 4. The van der Waals surface area contributed by atoms with E-state index in [1.54, 1.807) is 20.8 Å².